The fourth-order valence-electron chi connectivity index (χ4n) is 6.83. The first-order valence-electron chi connectivity index (χ1n) is 13.5. The molecule has 208 valence electrons. The van der Waals surface area contributed by atoms with E-state index in [1.54, 1.807) is 22.8 Å². The van der Waals surface area contributed by atoms with Gasteiger partial charge in [0.25, 0.3) is 5.91 Å². The van der Waals surface area contributed by atoms with Gasteiger partial charge in [-0.2, -0.15) is 0 Å². The van der Waals surface area contributed by atoms with Crippen LogP contribution in [-0.2, 0) is 23.9 Å². The minimum absolute atomic E-state index is 0.0828. The van der Waals surface area contributed by atoms with Crippen molar-refractivity contribution in [2.75, 3.05) is 24.7 Å². The summed E-state index contributed by atoms with van der Waals surface area (Å²) in [7, 11) is 0. The van der Waals surface area contributed by atoms with Crippen molar-refractivity contribution in [3.8, 4) is 0 Å². The molecule has 1 aromatic rings. The van der Waals surface area contributed by atoms with Crippen LogP contribution in [0.5, 0.6) is 0 Å². The second kappa shape index (κ2) is 11.1. The number of hydrogen-bond donors (Lipinski definition) is 1. The van der Waals surface area contributed by atoms with Crippen LogP contribution in [0, 0.1) is 31.6 Å². The largest absolute Gasteiger partial charge is 0.466 e. The topological polar surface area (TPSA) is 96.4 Å². The number of aliphatic hydroxyl groups is 1. The molecule has 2 bridgehead atoms. The van der Waals surface area contributed by atoms with E-state index in [1.165, 1.54) is 0 Å². The Labute approximate surface area is 233 Å². The van der Waals surface area contributed by atoms with Gasteiger partial charge in [0, 0.05) is 17.1 Å². The van der Waals surface area contributed by atoms with Crippen molar-refractivity contribution in [1.29, 1.82) is 0 Å². The summed E-state index contributed by atoms with van der Waals surface area (Å²) in [6.07, 6.45) is 2.18. The number of carbonyl (C=O) groups excluding carboxylic acids is 3. The monoisotopic (exact) mass is 590 g/mol. The Morgan fingerprint density at radius 1 is 1.34 bits per heavy atom. The maximum atomic E-state index is 14.8. The highest BCUT2D eigenvalue weighted by Gasteiger charge is 2.77. The molecule has 1 N–H and O–H groups in total. The Kier molecular flexibility index (Phi) is 8.40. The summed E-state index contributed by atoms with van der Waals surface area (Å²) in [4.78, 5) is 45.2. The normalized spacial score (nSPS) is 31.2. The molecule has 4 rings (SSSR count). The van der Waals surface area contributed by atoms with E-state index < -0.39 is 41.6 Å². The molecule has 1 unspecified atom stereocenters. The van der Waals surface area contributed by atoms with Gasteiger partial charge in [-0.1, -0.05) is 60.5 Å². The Hall–Kier alpha value is -2.23. The van der Waals surface area contributed by atoms with Crippen molar-refractivity contribution in [2.45, 2.75) is 76.1 Å². The first-order chi connectivity index (χ1) is 18.1. The quantitative estimate of drug-likeness (QED) is 0.254. The molecule has 0 saturated carbocycles. The minimum Gasteiger partial charge on any atom is -0.466 e. The summed E-state index contributed by atoms with van der Waals surface area (Å²) in [5.74, 6) is -2.90. The number of carbonyl (C=O) groups is 3. The third-order valence-corrected chi connectivity index (χ3v) is 9.50. The van der Waals surface area contributed by atoms with Gasteiger partial charge in [-0.25, -0.2) is 0 Å². The van der Waals surface area contributed by atoms with Crippen LogP contribution in [0.25, 0.3) is 0 Å². The van der Waals surface area contributed by atoms with Gasteiger partial charge in [-0.3, -0.25) is 14.4 Å². The number of rotatable bonds is 10. The molecule has 3 aliphatic rings. The zero-order valence-electron chi connectivity index (χ0n) is 22.9. The molecule has 9 heteroatoms. The van der Waals surface area contributed by atoms with E-state index in [0.717, 1.165) is 16.8 Å². The number of aliphatic hydroxyl groups excluding tert-OH is 1. The number of likely N-dealkylation sites (tertiary alicyclic amines) is 1. The van der Waals surface area contributed by atoms with Crippen LogP contribution in [-0.4, -0.2) is 76.2 Å². The summed E-state index contributed by atoms with van der Waals surface area (Å²) in [5, 5.41) is 10.5. The predicted octanol–water partition coefficient (Wildman–Crippen LogP) is 3.54. The number of amides is 2. The number of fused-ring (bicyclic) bond motifs is 1. The molecular weight excluding hydrogens is 552 g/mol. The predicted molar refractivity (Wildman–Crippen MR) is 148 cm³/mol. The van der Waals surface area contributed by atoms with Crippen molar-refractivity contribution in [3.63, 3.8) is 0 Å². The lowest BCUT2D eigenvalue weighted by atomic mass is 9.70. The average molecular weight is 592 g/mol. The molecule has 2 amide bonds. The summed E-state index contributed by atoms with van der Waals surface area (Å²) in [6.45, 7) is 13.6. The molecule has 8 nitrogen and oxygen atoms in total. The van der Waals surface area contributed by atoms with Gasteiger partial charge in [-0.05, 0) is 44.2 Å². The fourth-order valence-corrected chi connectivity index (χ4v) is 7.77. The molecule has 0 radical (unpaired) electrons. The number of benzene rings is 1. The molecule has 3 heterocycles. The Bertz CT molecular complexity index is 1090. The average Bonchev–Trinajstić information content (AvgIpc) is 3.47. The minimum atomic E-state index is -1.22. The Morgan fingerprint density at radius 2 is 2.00 bits per heavy atom. The van der Waals surface area contributed by atoms with E-state index in [9.17, 15) is 19.5 Å². The van der Waals surface area contributed by atoms with Crippen LogP contribution >= 0.6 is 15.9 Å². The van der Waals surface area contributed by atoms with Gasteiger partial charge in [0.05, 0.1) is 37.2 Å². The zero-order chi connectivity index (χ0) is 27.9. The Morgan fingerprint density at radius 3 is 2.55 bits per heavy atom. The van der Waals surface area contributed by atoms with E-state index in [0.29, 0.717) is 12.8 Å². The highest BCUT2D eigenvalue weighted by molar-refractivity contribution is 9.09. The highest BCUT2D eigenvalue weighted by atomic mass is 79.9. The SMILES string of the molecule is C=CCN(C(=O)[C@@H]1N([C@@H](CO)[C@@H](C)CC)C(=O)[C@H]2[C@H](C(=O)OCC)[C@H]3O[C@@]12CC3Br)c1c(C)cccc1C. The van der Waals surface area contributed by atoms with Crippen molar-refractivity contribution in [1.82, 2.24) is 4.90 Å². The van der Waals surface area contributed by atoms with Gasteiger partial charge in [0.15, 0.2) is 0 Å². The first kappa shape index (κ1) is 28.8. The van der Waals surface area contributed by atoms with Crippen LogP contribution in [0.2, 0.25) is 0 Å². The standard InChI is InChI=1S/C29H39BrN2O6/c1-7-13-31(23-17(5)11-10-12-18(23)6)27(35)25-29-14-19(30)24(38-29)21(28(36)37-9-3)22(29)26(34)32(25)20(15-33)16(4)8-2/h7,10-12,16,19-22,24-25,33H,1,8-9,13-15H2,2-6H3/t16-,19?,20-,21-,22+,24-,25-,29+/m0/s1. The second-order valence-corrected chi connectivity index (χ2v) is 12.0. The molecule has 3 fully saturated rings. The number of nitrogens with zero attached hydrogens (tertiary/aromatic N) is 2. The molecule has 3 aliphatic heterocycles. The van der Waals surface area contributed by atoms with E-state index in [4.69, 9.17) is 9.47 Å². The molecule has 0 aliphatic carbocycles. The second-order valence-electron chi connectivity index (χ2n) is 10.8. The summed E-state index contributed by atoms with van der Waals surface area (Å²) in [5.41, 5.74) is 1.38. The van der Waals surface area contributed by atoms with Crippen molar-refractivity contribution < 1.29 is 29.0 Å². The summed E-state index contributed by atoms with van der Waals surface area (Å²) in [6, 6.07) is 4.21. The maximum Gasteiger partial charge on any atom is 0.312 e. The maximum absolute atomic E-state index is 14.8. The Balaban J connectivity index is 1.90. The third-order valence-electron chi connectivity index (χ3n) is 8.65. The number of ether oxygens (including phenoxy) is 2. The molecular formula is C29H39BrN2O6. The van der Waals surface area contributed by atoms with E-state index >= 15 is 0 Å². The van der Waals surface area contributed by atoms with Crippen LogP contribution < -0.4 is 4.90 Å². The van der Waals surface area contributed by atoms with Crippen LogP contribution in [0.3, 0.4) is 0 Å². The van der Waals surface area contributed by atoms with Crippen LogP contribution in [0.1, 0.15) is 44.7 Å². The molecule has 8 atom stereocenters. The molecule has 1 aromatic carbocycles. The van der Waals surface area contributed by atoms with Gasteiger partial charge < -0.3 is 24.4 Å². The number of hydrogen-bond acceptors (Lipinski definition) is 6. The van der Waals surface area contributed by atoms with Gasteiger partial charge in [-0.15, -0.1) is 6.58 Å². The van der Waals surface area contributed by atoms with E-state index in [-0.39, 0.29) is 42.3 Å². The van der Waals surface area contributed by atoms with Gasteiger partial charge >= 0.3 is 5.97 Å². The zero-order valence-corrected chi connectivity index (χ0v) is 24.4. The number of halogens is 1. The third kappa shape index (κ3) is 4.31. The first-order valence-corrected chi connectivity index (χ1v) is 14.4. The number of para-hydroxylation sites is 1. The number of alkyl halides is 1. The smallest absolute Gasteiger partial charge is 0.312 e. The van der Waals surface area contributed by atoms with Gasteiger partial charge in [0.1, 0.15) is 11.6 Å². The van der Waals surface area contributed by atoms with Crippen LogP contribution in [0.4, 0.5) is 5.69 Å². The van der Waals surface area contributed by atoms with Crippen molar-refractivity contribution >= 4 is 39.4 Å². The number of anilines is 1. The van der Waals surface area contributed by atoms with Crippen molar-refractivity contribution in [3.05, 3.63) is 42.0 Å². The molecule has 3 saturated heterocycles. The van der Waals surface area contributed by atoms with Gasteiger partial charge in [0.2, 0.25) is 5.91 Å². The lowest BCUT2D eigenvalue weighted by Gasteiger charge is -2.41. The molecule has 38 heavy (non-hydrogen) atoms. The fraction of sp³-hybridized carbons (Fsp3) is 0.621. The summed E-state index contributed by atoms with van der Waals surface area (Å²) >= 11 is 3.68. The van der Waals surface area contributed by atoms with E-state index in [1.807, 2.05) is 45.9 Å². The van der Waals surface area contributed by atoms with Crippen molar-refractivity contribution in [2.24, 2.45) is 17.8 Å². The molecule has 0 aromatic heterocycles. The lowest BCUT2D eigenvalue weighted by molar-refractivity contribution is -0.155. The number of esters is 1. The molecule has 1 spiro atoms. The highest BCUT2D eigenvalue weighted by Crippen LogP contribution is 2.61. The van der Waals surface area contributed by atoms with E-state index in [2.05, 4.69) is 22.5 Å². The van der Waals surface area contributed by atoms with Crippen LogP contribution in [0.15, 0.2) is 30.9 Å². The summed E-state index contributed by atoms with van der Waals surface area (Å²) < 4.78 is 12.0. The number of aryl methyl sites for hydroxylation is 2. The lowest BCUT2D eigenvalue weighted by Crippen LogP contribution is -2.60.